The normalized spacial score (nSPS) is 10.8. The van der Waals surface area contributed by atoms with Crippen LogP contribution < -0.4 is 4.74 Å². The number of hydrogen-bond donors (Lipinski definition) is 0. The molecular formula is C17H13ClFNO. The molecule has 0 saturated heterocycles. The van der Waals surface area contributed by atoms with Crippen LogP contribution >= 0.6 is 11.6 Å². The van der Waals surface area contributed by atoms with Crippen LogP contribution in [0.1, 0.15) is 11.3 Å². The van der Waals surface area contributed by atoms with E-state index in [0.717, 1.165) is 16.6 Å². The molecule has 0 radical (unpaired) electrons. The lowest BCUT2D eigenvalue weighted by atomic mass is 10.2. The van der Waals surface area contributed by atoms with Gasteiger partial charge in [0.25, 0.3) is 0 Å². The highest BCUT2D eigenvalue weighted by Gasteiger charge is 2.08. The summed E-state index contributed by atoms with van der Waals surface area (Å²) in [5, 5.41) is 0.868. The molecule has 3 aromatic rings. The van der Waals surface area contributed by atoms with Gasteiger partial charge in [0, 0.05) is 17.5 Å². The quantitative estimate of drug-likeness (QED) is 0.619. The van der Waals surface area contributed by atoms with Gasteiger partial charge < -0.3 is 4.74 Å². The van der Waals surface area contributed by atoms with Gasteiger partial charge in [-0.25, -0.2) is 4.39 Å². The molecule has 0 N–H and O–H groups in total. The Morgan fingerprint density at radius 1 is 1.14 bits per heavy atom. The van der Waals surface area contributed by atoms with Gasteiger partial charge in [-0.2, -0.15) is 0 Å². The summed E-state index contributed by atoms with van der Waals surface area (Å²) in [4.78, 5) is 4.44. The second-order valence-corrected chi connectivity index (χ2v) is 5.04. The summed E-state index contributed by atoms with van der Waals surface area (Å²) in [7, 11) is 0. The lowest BCUT2D eigenvalue weighted by molar-refractivity contribution is 0.480. The number of rotatable bonds is 3. The molecule has 106 valence electrons. The maximum absolute atomic E-state index is 13.6. The van der Waals surface area contributed by atoms with Gasteiger partial charge in [-0.05, 0) is 30.7 Å². The molecule has 0 fully saturated rings. The topological polar surface area (TPSA) is 22.1 Å². The van der Waals surface area contributed by atoms with Crippen molar-refractivity contribution in [1.29, 1.82) is 0 Å². The maximum atomic E-state index is 13.6. The number of fused-ring (bicyclic) bond motifs is 1. The smallest absolute Gasteiger partial charge is 0.138 e. The molecule has 21 heavy (non-hydrogen) atoms. The van der Waals surface area contributed by atoms with E-state index in [4.69, 9.17) is 16.3 Å². The Balaban J connectivity index is 2.08. The molecule has 0 aliphatic heterocycles. The number of aryl methyl sites for hydroxylation is 1. The summed E-state index contributed by atoms with van der Waals surface area (Å²) in [6, 6.07) is 14.2. The van der Waals surface area contributed by atoms with Crippen LogP contribution in [0.5, 0.6) is 11.5 Å². The SMILES string of the molecule is Cc1ccc(Oc2cc(CCl)nc3ccccc23)cc1F. The molecule has 0 aliphatic carbocycles. The number of ether oxygens (including phenoxy) is 1. The lowest BCUT2D eigenvalue weighted by Crippen LogP contribution is -1.93. The van der Waals surface area contributed by atoms with Crippen LogP contribution in [0.2, 0.25) is 0 Å². The molecule has 3 rings (SSSR count). The molecule has 0 atom stereocenters. The number of nitrogens with zero attached hydrogens (tertiary/aromatic N) is 1. The minimum atomic E-state index is -0.288. The fourth-order valence-corrected chi connectivity index (χ4v) is 2.25. The van der Waals surface area contributed by atoms with E-state index in [1.165, 1.54) is 6.07 Å². The summed E-state index contributed by atoms with van der Waals surface area (Å²) in [5.74, 6) is 1.08. The number of benzene rings is 2. The Morgan fingerprint density at radius 2 is 1.95 bits per heavy atom. The highest BCUT2D eigenvalue weighted by atomic mass is 35.5. The van der Waals surface area contributed by atoms with Crippen molar-refractivity contribution >= 4 is 22.5 Å². The first-order chi connectivity index (χ1) is 10.2. The van der Waals surface area contributed by atoms with Crippen molar-refractivity contribution in [2.24, 2.45) is 0 Å². The first-order valence-electron chi connectivity index (χ1n) is 6.56. The van der Waals surface area contributed by atoms with E-state index in [1.807, 2.05) is 24.3 Å². The second-order valence-electron chi connectivity index (χ2n) is 4.78. The Morgan fingerprint density at radius 3 is 2.71 bits per heavy atom. The van der Waals surface area contributed by atoms with E-state index in [9.17, 15) is 4.39 Å². The molecule has 0 saturated carbocycles. The molecular weight excluding hydrogens is 289 g/mol. The van der Waals surface area contributed by atoms with Gasteiger partial charge >= 0.3 is 0 Å². The van der Waals surface area contributed by atoms with Crippen molar-refractivity contribution < 1.29 is 9.13 Å². The fourth-order valence-electron chi connectivity index (χ4n) is 2.11. The standard InChI is InChI=1S/C17H13ClFNO/c1-11-6-7-13(9-15(11)19)21-17-8-12(10-18)20-16-5-3-2-4-14(16)17/h2-9H,10H2,1H3. The summed E-state index contributed by atoms with van der Waals surface area (Å²) in [6.45, 7) is 1.71. The van der Waals surface area contributed by atoms with Crippen LogP contribution in [0.25, 0.3) is 10.9 Å². The van der Waals surface area contributed by atoms with Crippen LogP contribution in [0.3, 0.4) is 0 Å². The van der Waals surface area contributed by atoms with Crippen molar-refractivity contribution in [3.05, 3.63) is 65.6 Å². The zero-order valence-electron chi connectivity index (χ0n) is 11.4. The van der Waals surface area contributed by atoms with Crippen LogP contribution in [0.15, 0.2) is 48.5 Å². The van der Waals surface area contributed by atoms with Gasteiger partial charge in [0.1, 0.15) is 17.3 Å². The molecule has 1 aromatic heterocycles. The summed E-state index contributed by atoms with van der Waals surface area (Å²) < 4.78 is 19.5. The molecule has 0 amide bonds. The fraction of sp³-hybridized carbons (Fsp3) is 0.118. The largest absolute Gasteiger partial charge is 0.456 e. The number of alkyl halides is 1. The van der Waals surface area contributed by atoms with Crippen molar-refractivity contribution in [3.8, 4) is 11.5 Å². The Kier molecular flexibility index (Phi) is 3.76. The van der Waals surface area contributed by atoms with Gasteiger partial charge in [0.15, 0.2) is 0 Å². The summed E-state index contributed by atoms with van der Waals surface area (Å²) in [6.07, 6.45) is 0. The first kappa shape index (κ1) is 13.8. The zero-order chi connectivity index (χ0) is 14.8. The number of halogens is 2. The van der Waals surface area contributed by atoms with Crippen molar-refractivity contribution in [3.63, 3.8) is 0 Å². The lowest BCUT2D eigenvalue weighted by Gasteiger charge is -2.11. The predicted octanol–water partition coefficient (Wildman–Crippen LogP) is 5.21. The van der Waals surface area contributed by atoms with Gasteiger partial charge in [-0.1, -0.05) is 18.2 Å². The minimum Gasteiger partial charge on any atom is -0.456 e. The number of para-hydroxylation sites is 1. The Bertz CT molecular complexity index is 804. The summed E-state index contributed by atoms with van der Waals surface area (Å²) in [5.41, 5.74) is 2.11. The first-order valence-corrected chi connectivity index (χ1v) is 7.09. The van der Waals surface area contributed by atoms with Crippen molar-refractivity contribution in [1.82, 2.24) is 4.98 Å². The number of aromatic nitrogens is 1. The Hall–Kier alpha value is -2.13. The minimum absolute atomic E-state index is 0.288. The van der Waals surface area contributed by atoms with Crippen molar-refractivity contribution in [2.45, 2.75) is 12.8 Å². The molecule has 4 heteroatoms. The number of hydrogen-bond acceptors (Lipinski definition) is 2. The van der Waals surface area contributed by atoms with Gasteiger partial charge in [-0.3, -0.25) is 4.98 Å². The molecule has 2 aromatic carbocycles. The van der Waals surface area contributed by atoms with Crippen LogP contribution in [0, 0.1) is 12.7 Å². The van der Waals surface area contributed by atoms with Crippen LogP contribution in [-0.2, 0) is 5.88 Å². The average Bonchev–Trinajstić information content (AvgIpc) is 2.51. The third kappa shape index (κ3) is 2.83. The van der Waals surface area contributed by atoms with E-state index >= 15 is 0 Å². The Labute approximate surface area is 127 Å². The second kappa shape index (κ2) is 5.70. The average molecular weight is 302 g/mol. The molecule has 0 aliphatic rings. The van der Waals surface area contributed by atoms with E-state index in [-0.39, 0.29) is 5.82 Å². The van der Waals surface area contributed by atoms with Gasteiger partial charge in [0.2, 0.25) is 0 Å². The van der Waals surface area contributed by atoms with Crippen LogP contribution in [-0.4, -0.2) is 4.98 Å². The highest BCUT2D eigenvalue weighted by molar-refractivity contribution is 6.17. The third-order valence-electron chi connectivity index (χ3n) is 3.24. The third-order valence-corrected chi connectivity index (χ3v) is 3.51. The highest BCUT2D eigenvalue weighted by Crippen LogP contribution is 2.31. The van der Waals surface area contributed by atoms with Crippen LogP contribution in [0.4, 0.5) is 4.39 Å². The monoisotopic (exact) mass is 301 g/mol. The zero-order valence-corrected chi connectivity index (χ0v) is 12.2. The van der Waals surface area contributed by atoms with Crippen molar-refractivity contribution in [2.75, 3.05) is 0 Å². The summed E-state index contributed by atoms with van der Waals surface area (Å²) >= 11 is 5.87. The molecule has 1 heterocycles. The molecule has 0 bridgehead atoms. The predicted molar refractivity (Wildman–Crippen MR) is 82.5 cm³/mol. The molecule has 0 unspecified atom stereocenters. The van der Waals surface area contributed by atoms with E-state index in [0.29, 0.717) is 22.9 Å². The van der Waals surface area contributed by atoms with E-state index in [1.54, 1.807) is 25.1 Å². The molecule has 0 spiro atoms. The van der Waals surface area contributed by atoms with E-state index in [2.05, 4.69) is 4.98 Å². The molecule has 2 nitrogen and oxygen atoms in total. The maximum Gasteiger partial charge on any atom is 0.138 e. The van der Waals surface area contributed by atoms with Gasteiger partial charge in [0.05, 0.1) is 17.1 Å². The van der Waals surface area contributed by atoms with Gasteiger partial charge in [-0.15, -0.1) is 11.6 Å². The number of pyridine rings is 1. The van der Waals surface area contributed by atoms with E-state index < -0.39 is 0 Å².